The van der Waals surface area contributed by atoms with Gasteiger partial charge in [-0.3, -0.25) is 4.79 Å². The molecule has 0 aliphatic carbocycles. The van der Waals surface area contributed by atoms with Crippen LogP contribution in [0.5, 0.6) is 5.95 Å². The normalized spacial score (nSPS) is 10.4. The van der Waals surface area contributed by atoms with Crippen molar-refractivity contribution in [2.24, 2.45) is 0 Å². The minimum Gasteiger partial charge on any atom is -0.425 e. The molecule has 20 heavy (non-hydrogen) atoms. The molecule has 4 nitrogen and oxygen atoms in total. The predicted octanol–water partition coefficient (Wildman–Crippen LogP) is 3.01. The van der Waals surface area contributed by atoms with E-state index in [9.17, 15) is 9.59 Å². The van der Waals surface area contributed by atoms with Crippen molar-refractivity contribution in [3.63, 3.8) is 0 Å². The topological polar surface area (TPSA) is 56.5 Å². The summed E-state index contributed by atoms with van der Waals surface area (Å²) in [6.07, 6.45) is 0. The summed E-state index contributed by atoms with van der Waals surface area (Å²) in [4.78, 5) is 23.7. The molecule has 0 radical (unpaired) electrons. The quantitative estimate of drug-likeness (QED) is 0.669. The van der Waals surface area contributed by atoms with Crippen molar-refractivity contribution >= 4 is 16.9 Å². The van der Waals surface area contributed by atoms with Crippen LogP contribution in [0.25, 0.3) is 11.0 Å². The molecule has 0 saturated heterocycles. The first-order valence-electron chi connectivity index (χ1n) is 6.04. The van der Waals surface area contributed by atoms with Crippen LogP contribution in [0.2, 0.25) is 0 Å². The average Bonchev–Trinajstić information content (AvgIpc) is 2.48. The Hall–Kier alpha value is -2.88. The largest absolute Gasteiger partial charge is 0.425 e. The smallest absolute Gasteiger partial charge is 0.345 e. The lowest BCUT2D eigenvalue weighted by molar-refractivity contribution is 0.0695. The van der Waals surface area contributed by atoms with Crippen molar-refractivity contribution < 1.29 is 13.9 Å². The summed E-state index contributed by atoms with van der Waals surface area (Å²) in [5, 5.41) is 0.451. The molecule has 0 atom stereocenters. The first kappa shape index (κ1) is 12.2. The summed E-state index contributed by atoms with van der Waals surface area (Å²) in [5.41, 5.74) is 0.530. The Morgan fingerprint density at radius 2 is 1.65 bits per heavy atom. The molecule has 0 spiro atoms. The number of carbonyl (C=O) groups excluding carboxylic acids is 1. The van der Waals surface area contributed by atoms with Crippen LogP contribution >= 0.6 is 0 Å². The van der Waals surface area contributed by atoms with Gasteiger partial charge < -0.3 is 9.15 Å². The van der Waals surface area contributed by atoms with E-state index in [4.69, 9.17) is 9.15 Å². The lowest BCUT2D eigenvalue weighted by Gasteiger charge is -2.04. The fraction of sp³-hybridized carbons (Fsp3) is 0. The SMILES string of the molecule is O=C(Oc1cc(=O)c2ccccc2o1)c1ccccc1. The van der Waals surface area contributed by atoms with E-state index in [1.165, 1.54) is 6.07 Å². The lowest BCUT2D eigenvalue weighted by atomic mass is 10.2. The van der Waals surface area contributed by atoms with Crippen LogP contribution in [-0.4, -0.2) is 5.97 Å². The zero-order valence-corrected chi connectivity index (χ0v) is 10.4. The predicted molar refractivity (Wildman–Crippen MR) is 73.9 cm³/mol. The summed E-state index contributed by atoms with van der Waals surface area (Å²) in [6.45, 7) is 0. The minimum absolute atomic E-state index is 0.109. The Balaban J connectivity index is 1.96. The van der Waals surface area contributed by atoms with Crippen molar-refractivity contribution in [3.8, 4) is 5.95 Å². The van der Waals surface area contributed by atoms with E-state index in [1.54, 1.807) is 54.6 Å². The molecule has 98 valence electrons. The van der Waals surface area contributed by atoms with E-state index >= 15 is 0 Å². The van der Waals surface area contributed by atoms with Crippen molar-refractivity contribution in [2.45, 2.75) is 0 Å². The molecule has 0 aliphatic heterocycles. The second kappa shape index (κ2) is 5.01. The average molecular weight is 266 g/mol. The highest BCUT2D eigenvalue weighted by atomic mass is 16.6. The van der Waals surface area contributed by atoms with E-state index in [1.807, 2.05) is 0 Å². The molecular formula is C16H10O4. The number of carbonyl (C=O) groups is 1. The Kier molecular flexibility index (Phi) is 3.05. The fourth-order valence-corrected chi connectivity index (χ4v) is 1.86. The summed E-state index contributed by atoms with van der Waals surface area (Å²) in [5.74, 6) is -0.674. The number of hydrogen-bond donors (Lipinski definition) is 0. The molecule has 2 aromatic carbocycles. The van der Waals surface area contributed by atoms with Crippen LogP contribution in [-0.2, 0) is 0 Å². The van der Waals surface area contributed by atoms with E-state index in [0.717, 1.165) is 0 Å². The van der Waals surface area contributed by atoms with Crippen molar-refractivity contribution in [1.29, 1.82) is 0 Å². The van der Waals surface area contributed by atoms with Gasteiger partial charge in [0, 0.05) is 0 Å². The van der Waals surface area contributed by atoms with E-state index in [-0.39, 0.29) is 11.4 Å². The molecule has 0 unspecified atom stereocenters. The summed E-state index contributed by atoms with van der Waals surface area (Å²) in [6, 6.07) is 16.5. The number of hydrogen-bond acceptors (Lipinski definition) is 4. The maximum absolute atomic E-state index is 11.9. The maximum Gasteiger partial charge on any atom is 0.345 e. The fourth-order valence-electron chi connectivity index (χ4n) is 1.86. The minimum atomic E-state index is -0.566. The Labute approximate surface area is 114 Å². The Morgan fingerprint density at radius 1 is 0.950 bits per heavy atom. The monoisotopic (exact) mass is 266 g/mol. The molecule has 0 bridgehead atoms. The standard InChI is InChI=1S/C16H10O4/c17-13-10-15(19-14-9-5-4-8-12(13)14)20-16(18)11-6-2-1-3-7-11/h1-10H. The van der Waals surface area contributed by atoms with Crippen LogP contribution in [0.1, 0.15) is 10.4 Å². The first-order valence-corrected chi connectivity index (χ1v) is 6.04. The molecule has 0 saturated carbocycles. The van der Waals surface area contributed by atoms with Gasteiger partial charge in [-0.05, 0) is 24.3 Å². The van der Waals surface area contributed by atoms with Gasteiger partial charge in [-0.25, -0.2) is 4.79 Å². The third kappa shape index (κ3) is 2.31. The molecule has 0 aliphatic rings. The van der Waals surface area contributed by atoms with Crippen LogP contribution in [0.3, 0.4) is 0 Å². The summed E-state index contributed by atoms with van der Waals surface area (Å²) >= 11 is 0. The summed E-state index contributed by atoms with van der Waals surface area (Å²) in [7, 11) is 0. The van der Waals surface area contributed by atoms with Crippen LogP contribution in [0.4, 0.5) is 0 Å². The molecule has 3 aromatic rings. The second-order valence-corrected chi connectivity index (χ2v) is 4.18. The Morgan fingerprint density at radius 3 is 2.45 bits per heavy atom. The van der Waals surface area contributed by atoms with Crippen LogP contribution < -0.4 is 10.2 Å². The zero-order chi connectivity index (χ0) is 13.9. The molecule has 1 heterocycles. The van der Waals surface area contributed by atoms with Crippen molar-refractivity contribution in [1.82, 2.24) is 0 Å². The van der Waals surface area contributed by atoms with Gasteiger partial charge in [0.1, 0.15) is 5.58 Å². The number of rotatable bonds is 2. The number of esters is 1. The number of para-hydroxylation sites is 1. The highest BCUT2D eigenvalue weighted by molar-refractivity contribution is 5.90. The van der Waals surface area contributed by atoms with E-state index in [0.29, 0.717) is 16.5 Å². The van der Waals surface area contributed by atoms with E-state index in [2.05, 4.69) is 0 Å². The van der Waals surface area contributed by atoms with Crippen LogP contribution in [0.15, 0.2) is 69.9 Å². The van der Waals surface area contributed by atoms with Gasteiger partial charge in [-0.1, -0.05) is 30.3 Å². The highest BCUT2D eigenvalue weighted by Gasteiger charge is 2.11. The number of fused-ring (bicyclic) bond motifs is 1. The van der Waals surface area contributed by atoms with Gasteiger partial charge in [0.05, 0.1) is 17.0 Å². The third-order valence-electron chi connectivity index (χ3n) is 2.81. The summed E-state index contributed by atoms with van der Waals surface area (Å²) < 4.78 is 10.5. The van der Waals surface area contributed by atoms with Gasteiger partial charge in [0.2, 0.25) is 0 Å². The molecule has 0 amide bonds. The second-order valence-electron chi connectivity index (χ2n) is 4.18. The first-order chi connectivity index (χ1) is 9.74. The van der Waals surface area contributed by atoms with Gasteiger partial charge in [-0.2, -0.15) is 0 Å². The Bertz CT molecular complexity index is 819. The lowest BCUT2D eigenvalue weighted by Crippen LogP contribution is -2.10. The van der Waals surface area contributed by atoms with Gasteiger partial charge in [0.15, 0.2) is 5.43 Å². The highest BCUT2D eigenvalue weighted by Crippen LogP contribution is 2.18. The number of ether oxygens (including phenoxy) is 1. The molecule has 0 fully saturated rings. The van der Waals surface area contributed by atoms with Gasteiger partial charge in [-0.15, -0.1) is 0 Å². The maximum atomic E-state index is 11.9. The van der Waals surface area contributed by atoms with Gasteiger partial charge >= 0.3 is 5.97 Å². The molecule has 4 heteroatoms. The molecule has 1 aromatic heterocycles. The molecular weight excluding hydrogens is 256 g/mol. The van der Waals surface area contributed by atoms with Gasteiger partial charge in [0.25, 0.3) is 5.95 Å². The zero-order valence-electron chi connectivity index (χ0n) is 10.4. The van der Waals surface area contributed by atoms with Crippen LogP contribution in [0, 0.1) is 0 Å². The van der Waals surface area contributed by atoms with Crippen molar-refractivity contribution in [3.05, 3.63) is 76.5 Å². The molecule has 0 N–H and O–H groups in total. The third-order valence-corrected chi connectivity index (χ3v) is 2.81. The molecule has 3 rings (SSSR count). The van der Waals surface area contributed by atoms with E-state index < -0.39 is 5.97 Å². The number of benzene rings is 2. The van der Waals surface area contributed by atoms with Crippen molar-refractivity contribution in [2.75, 3.05) is 0 Å².